The maximum Gasteiger partial charge on any atom is 0.336 e. The summed E-state index contributed by atoms with van der Waals surface area (Å²) in [6.45, 7) is 6.19. The van der Waals surface area contributed by atoms with Crippen molar-refractivity contribution in [2.24, 2.45) is 17.3 Å². The molecule has 0 unspecified atom stereocenters. The maximum atomic E-state index is 12.1. The molecule has 1 fully saturated rings. The summed E-state index contributed by atoms with van der Waals surface area (Å²) in [5.41, 5.74) is 0.572. The molecule has 1 saturated carbocycles. The Hall–Kier alpha value is -2.17. The Labute approximate surface area is 122 Å². The lowest BCUT2D eigenvalue weighted by Gasteiger charge is -2.18. The Kier molecular flexibility index (Phi) is 2.90. The molecular weight excluding hydrogens is 270 g/mol. The Morgan fingerprint density at radius 2 is 1.67 bits per heavy atom. The summed E-state index contributed by atoms with van der Waals surface area (Å²) in [7, 11) is 0. The topological polar surface area (TPSA) is 63.7 Å². The normalized spacial score (nSPS) is 24.0. The highest BCUT2D eigenvalue weighted by Crippen LogP contribution is 2.51. The van der Waals surface area contributed by atoms with Crippen LogP contribution in [0.1, 0.15) is 47.9 Å². The molecule has 0 radical (unpaired) electrons. The van der Waals surface area contributed by atoms with Gasteiger partial charge in [-0.3, -0.25) is 9.59 Å². The number of rotatable bonds is 2. The van der Waals surface area contributed by atoms with Crippen LogP contribution < -0.4 is 0 Å². The number of nitrogens with zero attached hydrogens (tertiary/aromatic N) is 1. The van der Waals surface area contributed by atoms with Gasteiger partial charge in [0.15, 0.2) is 0 Å². The molecule has 21 heavy (non-hydrogen) atoms. The number of amides is 2. The smallest absolute Gasteiger partial charge is 0.329 e. The van der Waals surface area contributed by atoms with E-state index in [2.05, 4.69) is 20.8 Å². The summed E-state index contributed by atoms with van der Waals surface area (Å²) in [5, 5.41) is 0.588. The van der Waals surface area contributed by atoms with E-state index in [-0.39, 0.29) is 28.4 Å². The lowest BCUT2D eigenvalue weighted by molar-refractivity contribution is -0.171. The summed E-state index contributed by atoms with van der Waals surface area (Å²) in [5.74, 6) is -1.63. The van der Waals surface area contributed by atoms with Crippen LogP contribution in [0, 0.1) is 17.3 Å². The zero-order valence-corrected chi connectivity index (χ0v) is 12.3. The van der Waals surface area contributed by atoms with E-state index >= 15 is 0 Å². The number of imide groups is 1. The fourth-order valence-electron chi connectivity index (χ4n) is 2.82. The van der Waals surface area contributed by atoms with Crippen LogP contribution in [0.2, 0.25) is 0 Å². The highest BCUT2D eigenvalue weighted by Gasteiger charge is 2.52. The van der Waals surface area contributed by atoms with Crippen LogP contribution in [0.25, 0.3) is 0 Å². The molecule has 0 N–H and O–H groups in total. The van der Waals surface area contributed by atoms with Crippen molar-refractivity contribution in [3.63, 3.8) is 0 Å². The highest BCUT2D eigenvalue weighted by molar-refractivity contribution is 6.20. The first-order valence-electron chi connectivity index (χ1n) is 7.00. The zero-order valence-electron chi connectivity index (χ0n) is 12.3. The molecule has 2 aliphatic rings. The van der Waals surface area contributed by atoms with E-state index in [9.17, 15) is 14.4 Å². The Morgan fingerprint density at radius 3 is 2.10 bits per heavy atom. The molecule has 1 aromatic rings. The molecule has 0 spiro atoms. The van der Waals surface area contributed by atoms with Gasteiger partial charge in [0.25, 0.3) is 11.8 Å². The summed E-state index contributed by atoms with van der Waals surface area (Å²) in [6, 6.07) is 6.45. The number of carbonyl (C=O) groups is 3. The third-order valence-corrected chi connectivity index (χ3v) is 4.14. The monoisotopic (exact) mass is 287 g/mol. The number of hydrogen-bond acceptors (Lipinski definition) is 4. The molecule has 5 heteroatoms. The van der Waals surface area contributed by atoms with Gasteiger partial charge in [0.05, 0.1) is 17.0 Å². The van der Waals surface area contributed by atoms with Gasteiger partial charge in [-0.25, -0.2) is 4.79 Å². The molecule has 2 amide bonds. The molecule has 110 valence electrons. The van der Waals surface area contributed by atoms with Gasteiger partial charge >= 0.3 is 5.97 Å². The molecule has 1 aliphatic heterocycles. The molecular formula is C16H17NO4. The van der Waals surface area contributed by atoms with Crippen LogP contribution in [0.15, 0.2) is 24.3 Å². The van der Waals surface area contributed by atoms with Gasteiger partial charge in [0.2, 0.25) is 0 Å². The van der Waals surface area contributed by atoms with Gasteiger partial charge in [-0.1, -0.05) is 38.0 Å². The van der Waals surface area contributed by atoms with Crippen LogP contribution >= 0.6 is 0 Å². The second kappa shape index (κ2) is 4.41. The van der Waals surface area contributed by atoms with Crippen LogP contribution in [-0.2, 0) is 9.63 Å². The fraction of sp³-hybridized carbons (Fsp3) is 0.438. The standard InChI is InChI=1S/C16H17NO4/c1-16(2,3)12-8-11(12)15(20)21-17-13(18)9-6-4-5-7-10(9)14(17)19/h4-7,11-12H,8H2,1-3H3/t11-,12-/m1/s1. The minimum absolute atomic E-state index is 0.0195. The molecule has 2 atom stereocenters. The zero-order chi connectivity index (χ0) is 15.4. The van der Waals surface area contributed by atoms with E-state index in [0.29, 0.717) is 5.06 Å². The molecule has 0 aromatic heterocycles. The van der Waals surface area contributed by atoms with Crippen molar-refractivity contribution < 1.29 is 19.2 Å². The van der Waals surface area contributed by atoms with E-state index in [1.165, 1.54) is 0 Å². The minimum Gasteiger partial charge on any atom is -0.329 e. The number of benzene rings is 1. The number of fused-ring (bicyclic) bond motifs is 1. The predicted molar refractivity (Wildman–Crippen MR) is 74.1 cm³/mol. The number of hydroxylamine groups is 2. The molecule has 1 aromatic carbocycles. The van der Waals surface area contributed by atoms with Crippen molar-refractivity contribution in [1.82, 2.24) is 5.06 Å². The second-order valence-corrected chi connectivity index (χ2v) is 6.68. The van der Waals surface area contributed by atoms with Crippen molar-refractivity contribution in [3.8, 4) is 0 Å². The highest BCUT2D eigenvalue weighted by atomic mass is 16.7. The van der Waals surface area contributed by atoms with Gasteiger partial charge in [-0.05, 0) is 29.9 Å². The molecule has 0 saturated heterocycles. The third-order valence-electron chi connectivity index (χ3n) is 4.14. The molecule has 1 aliphatic carbocycles. The van der Waals surface area contributed by atoms with Crippen LogP contribution in [0.3, 0.4) is 0 Å². The number of carbonyl (C=O) groups excluding carboxylic acids is 3. The average molecular weight is 287 g/mol. The minimum atomic E-state index is -0.572. The molecule has 0 bridgehead atoms. The Morgan fingerprint density at radius 1 is 1.14 bits per heavy atom. The maximum absolute atomic E-state index is 12.1. The molecule has 1 heterocycles. The van der Waals surface area contributed by atoms with Gasteiger partial charge < -0.3 is 4.84 Å². The van der Waals surface area contributed by atoms with E-state index in [0.717, 1.165) is 6.42 Å². The summed E-state index contributed by atoms with van der Waals surface area (Å²) < 4.78 is 0. The lowest BCUT2D eigenvalue weighted by atomic mass is 9.89. The predicted octanol–water partition coefficient (Wildman–Crippen LogP) is 2.42. The van der Waals surface area contributed by atoms with E-state index in [1.807, 2.05) is 0 Å². The third kappa shape index (κ3) is 2.22. The first-order valence-corrected chi connectivity index (χ1v) is 7.00. The summed E-state index contributed by atoms with van der Waals surface area (Å²) >= 11 is 0. The van der Waals surface area contributed by atoms with Crippen molar-refractivity contribution >= 4 is 17.8 Å². The van der Waals surface area contributed by atoms with E-state index in [4.69, 9.17) is 4.84 Å². The lowest BCUT2D eigenvalue weighted by Crippen LogP contribution is -2.33. The summed E-state index contributed by atoms with van der Waals surface area (Å²) in [4.78, 5) is 41.3. The average Bonchev–Trinajstić information content (AvgIpc) is 3.20. The van der Waals surface area contributed by atoms with Crippen molar-refractivity contribution in [3.05, 3.63) is 35.4 Å². The van der Waals surface area contributed by atoms with Gasteiger partial charge in [-0.15, -0.1) is 0 Å². The second-order valence-electron chi connectivity index (χ2n) is 6.68. The Balaban J connectivity index is 1.72. The van der Waals surface area contributed by atoms with Crippen LogP contribution in [0.4, 0.5) is 0 Å². The first kappa shape index (κ1) is 13.8. The van der Waals surface area contributed by atoms with Crippen LogP contribution in [0.5, 0.6) is 0 Å². The van der Waals surface area contributed by atoms with E-state index < -0.39 is 17.8 Å². The Bertz CT molecular complexity index is 609. The fourth-order valence-corrected chi connectivity index (χ4v) is 2.82. The number of hydrogen-bond donors (Lipinski definition) is 0. The largest absolute Gasteiger partial charge is 0.336 e. The van der Waals surface area contributed by atoms with Crippen molar-refractivity contribution in [1.29, 1.82) is 0 Å². The van der Waals surface area contributed by atoms with Crippen molar-refractivity contribution in [2.75, 3.05) is 0 Å². The van der Waals surface area contributed by atoms with E-state index in [1.54, 1.807) is 24.3 Å². The van der Waals surface area contributed by atoms with Gasteiger partial charge in [-0.2, -0.15) is 0 Å². The molecule has 3 rings (SSSR count). The van der Waals surface area contributed by atoms with Crippen molar-refractivity contribution in [2.45, 2.75) is 27.2 Å². The first-order chi connectivity index (χ1) is 9.80. The van der Waals surface area contributed by atoms with Gasteiger partial charge in [0.1, 0.15) is 0 Å². The van der Waals surface area contributed by atoms with Gasteiger partial charge in [0, 0.05) is 0 Å². The summed E-state index contributed by atoms with van der Waals surface area (Å²) in [6.07, 6.45) is 0.742. The SMILES string of the molecule is CC(C)(C)[C@@H]1C[C@H]1C(=O)ON1C(=O)c2ccccc2C1=O. The quantitative estimate of drug-likeness (QED) is 0.784. The van der Waals surface area contributed by atoms with Crippen LogP contribution in [-0.4, -0.2) is 22.8 Å². The molecule has 5 nitrogen and oxygen atoms in total.